The van der Waals surface area contributed by atoms with Crippen LogP contribution < -0.4 is 4.72 Å². The predicted octanol–water partition coefficient (Wildman–Crippen LogP) is 0.0531. The number of hydrogen-bond acceptors (Lipinski definition) is 5. The van der Waals surface area contributed by atoms with E-state index in [0.29, 0.717) is 0 Å². The lowest BCUT2D eigenvalue weighted by molar-refractivity contribution is -0.136. The molecule has 0 aliphatic heterocycles. The molecule has 0 unspecified atom stereocenters. The highest BCUT2D eigenvalue weighted by molar-refractivity contribution is 8.12. The Labute approximate surface area is 85.4 Å². The Hall–Kier alpha value is -1.08. The van der Waals surface area contributed by atoms with E-state index in [1.165, 1.54) is 11.6 Å². The summed E-state index contributed by atoms with van der Waals surface area (Å²) in [5.74, 6) is -1.63. The lowest BCUT2D eigenvalue weighted by Crippen LogP contribution is -2.24. The minimum absolute atomic E-state index is 0.0321. The molecular weight excluding hydrogens is 234 g/mol. The summed E-state index contributed by atoms with van der Waals surface area (Å²) >= 11 is 0. The third kappa shape index (κ3) is 7.56. The fourth-order valence-electron chi connectivity index (χ4n) is 0.590. The number of halogens is 1. The molecule has 0 bridgehead atoms. The summed E-state index contributed by atoms with van der Waals surface area (Å²) < 4.78 is 26.6. The number of amides is 1. The zero-order valence-corrected chi connectivity index (χ0v) is 8.98. The lowest BCUT2D eigenvalue weighted by atomic mass is 10.4. The normalized spacial score (nSPS) is 12.1. The molecule has 1 N–H and O–H groups in total. The average Bonchev–Trinajstić information content (AvgIpc) is 1.77. The first-order valence-electron chi connectivity index (χ1n) is 3.34. The van der Waals surface area contributed by atoms with Crippen LogP contribution in [0.15, 0.2) is 11.8 Å². The molecule has 0 aliphatic rings. The Bertz CT molecular complexity index is 372. The molecule has 0 rings (SSSR count). The van der Waals surface area contributed by atoms with E-state index in [0.717, 1.165) is 13.0 Å². The summed E-state index contributed by atoms with van der Waals surface area (Å²) in [4.78, 5) is 21.2. The van der Waals surface area contributed by atoms with Gasteiger partial charge in [0, 0.05) is 23.7 Å². The molecule has 0 aromatic rings. The van der Waals surface area contributed by atoms with Crippen molar-refractivity contribution in [1.82, 2.24) is 4.72 Å². The van der Waals surface area contributed by atoms with Gasteiger partial charge >= 0.3 is 15.2 Å². The van der Waals surface area contributed by atoms with Crippen molar-refractivity contribution in [2.24, 2.45) is 0 Å². The van der Waals surface area contributed by atoms with Crippen molar-refractivity contribution < 1.29 is 22.7 Å². The Morgan fingerprint density at radius 3 is 2.21 bits per heavy atom. The second-order valence-electron chi connectivity index (χ2n) is 2.25. The van der Waals surface area contributed by atoms with Crippen LogP contribution >= 0.6 is 10.7 Å². The highest BCUT2D eigenvalue weighted by atomic mass is 35.7. The van der Waals surface area contributed by atoms with Gasteiger partial charge in [-0.2, -0.15) is 8.42 Å². The van der Waals surface area contributed by atoms with Gasteiger partial charge in [0.25, 0.3) is 5.91 Å². The van der Waals surface area contributed by atoms with Crippen molar-refractivity contribution in [3.63, 3.8) is 0 Å². The minimum atomic E-state index is -4.11. The first-order chi connectivity index (χ1) is 6.20. The number of carbonyl (C=O) groups excluding carboxylic acids is 2. The maximum atomic E-state index is 10.8. The maximum absolute atomic E-state index is 10.8. The fourth-order valence-corrected chi connectivity index (χ4v) is 1.12. The highest BCUT2D eigenvalue weighted by Gasteiger charge is 2.08. The van der Waals surface area contributed by atoms with Crippen molar-refractivity contribution >= 4 is 31.8 Å². The second-order valence-corrected chi connectivity index (χ2v) is 4.55. The Morgan fingerprint density at radius 1 is 1.36 bits per heavy atom. The standard InChI is InChI=1S/C6H8ClNO5S/c1-4(13-5(2)9)3-6(10)8-14(7,11)12/h3H,1-2H3,(H,8,10)/b4-3-. The van der Waals surface area contributed by atoms with Crippen molar-refractivity contribution in [2.45, 2.75) is 13.8 Å². The van der Waals surface area contributed by atoms with Gasteiger partial charge in [-0.05, 0) is 6.92 Å². The number of nitrogens with one attached hydrogen (secondary N) is 1. The number of allylic oxidation sites excluding steroid dienone is 1. The van der Waals surface area contributed by atoms with Crippen LogP contribution in [0.3, 0.4) is 0 Å². The first-order valence-corrected chi connectivity index (χ1v) is 5.64. The molecule has 0 spiro atoms. The second kappa shape index (κ2) is 4.97. The number of hydrogen-bond donors (Lipinski definition) is 1. The van der Waals surface area contributed by atoms with Crippen LogP contribution in [0.2, 0.25) is 0 Å². The first kappa shape index (κ1) is 12.9. The predicted molar refractivity (Wildman–Crippen MR) is 48.4 cm³/mol. The monoisotopic (exact) mass is 241 g/mol. The van der Waals surface area contributed by atoms with Crippen LogP contribution in [0.1, 0.15) is 13.8 Å². The van der Waals surface area contributed by atoms with Gasteiger partial charge in [-0.25, -0.2) is 4.72 Å². The van der Waals surface area contributed by atoms with Gasteiger partial charge in [0.15, 0.2) is 0 Å². The molecule has 0 aromatic heterocycles. The van der Waals surface area contributed by atoms with Crippen LogP contribution in [0.5, 0.6) is 0 Å². The lowest BCUT2D eigenvalue weighted by Gasteiger charge is -2.00. The molecule has 0 saturated heterocycles. The third-order valence-electron chi connectivity index (χ3n) is 0.862. The summed E-state index contributed by atoms with van der Waals surface area (Å²) in [7, 11) is 0.611. The fraction of sp³-hybridized carbons (Fsp3) is 0.333. The summed E-state index contributed by atoms with van der Waals surface area (Å²) in [6.07, 6.45) is 0.793. The van der Waals surface area contributed by atoms with Gasteiger partial charge in [0.05, 0.1) is 0 Å². The average molecular weight is 242 g/mol. The quantitative estimate of drug-likeness (QED) is 0.326. The van der Waals surface area contributed by atoms with Crippen LogP contribution in [0.4, 0.5) is 0 Å². The summed E-state index contributed by atoms with van der Waals surface area (Å²) in [5.41, 5.74) is 0. The molecule has 8 heteroatoms. The zero-order chi connectivity index (χ0) is 11.4. The van der Waals surface area contributed by atoms with Crippen molar-refractivity contribution in [1.29, 1.82) is 0 Å². The summed E-state index contributed by atoms with van der Waals surface area (Å²) in [6, 6.07) is 0. The zero-order valence-electron chi connectivity index (χ0n) is 7.40. The molecule has 14 heavy (non-hydrogen) atoms. The molecule has 1 amide bonds. The molecule has 0 fully saturated rings. The molecule has 0 heterocycles. The largest absolute Gasteiger partial charge is 0.431 e. The summed E-state index contributed by atoms with van der Waals surface area (Å²) in [5, 5.41) is 0. The third-order valence-corrected chi connectivity index (χ3v) is 1.54. The van der Waals surface area contributed by atoms with Gasteiger partial charge in [0.2, 0.25) is 0 Å². The van der Waals surface area contributed by atoms with E-state index in [1.54, 1.807) is 0 Å². The number of rotatable bonds is 3. The molecule has 0 atom stereocenters. The van der Waals surface area contributed by atoms with Crippen molar-refractivity contribution in [3.8, 4) is 0 Å². The van der Waals surface area contributed by atoms with E-state index in [1.807, 2.05) is 0 Å². The number of esters is 1. The smallest absolute Gasteiger partial charge is 0.321 e. The molecule has 6 nitrogen and oxygen atoms in total. The molecule has 80 valence electrons. The number of ether oxygens (including phenoxy) is 1. The van der Waals surface area contributed by atoms with Gasteiger partial charge in [0.1, 0.15) is 5.76 Å². The van der Waals surface area contributed by atoms with Crippen molar-refractivity contribution in [3.05, 3.63) is 11.8 Å². The molecule has 0 aromatic carbocycles. The molecule has 0 aliphatic carbocycles. The van der Waals surface area contributed by atoms with E-state index in [9.17, 15) is 18.0 Å². The van der Waals surface area contributed by atoms with E-state index < -0.39 is 21.1 Å². The maximum Gasteiger partial charge on any atom is 0.321 e. The molecule has 0 radical (unpaired) electrons. The highest BCUT2D eigenvalue weighted by Crippen LogP contribution is 1.97. The molecular formula is C6H8ClNO5S. The van der Waals surface area contributed by atoms with Gasteiger partial charge in [-0.15, -0.1) is 0 Å². The van der Waals surface area contributed by atoms with Crippen molar-refractivity contribution in [2.75, 3.05) is 0 Å². The SMILES string of the molecule is CC(=O)O/C(C)=C\C(=O)NS(=O)(=O)Cl. The Balaban J connectivity index is 4.37. The minimum Gasteiger partial charge on any atom is -0.431 e. The van der Waals surface area contributed by atoms with E-state index in [4.69, 9.17) is 10.7 Å². The van der Waals surface area contributed by atoms with Crippen LogP contribution in [0, 0.1) is 0 Å². The summed E-state index contributed by atoms with van der Waals surface area (Å²) in [6.45, 7) is 2.47. The number of carbonyl (C=O) groups is 2. The van der Waals surface area contributed by atoms with E-state index >= 15 is 0 Å². The Kier molecular flexibility index (Phi) is 4.58. The van der Waals surface area contributed by atoms with Gasteiger partial charge in [-0.3, -0.25) is 9.59 Å². The van der Waals surface area contributed by atoms with Crippen LogP contribution in [-0.4, -0.2) is 20.3 Å². The van der Waals surface area contributed by atoms with E-state index in [-0.39, 0.29) is 5.76 Å². The van der Waals surface area contributed by atoms with Crippen LogP contribution in [0.25, 0.3) is 0 Å². The van der Waals surface area contributed by atoms with Gasteiger partial charge in [-0.1, -0.05) is 0 Å². The van der Waals surface area contributed by atoms with Crippen LogP contribution in [-0.2, 0) is 23.6 Å². The Morgan fingerprint density at radius 2 is 1.86 bits per heavy atom. The van der Waals surface area contributed by atoms with Gasteiger partial charge < -0.3 is 4.74 Å². The molecule has 0 saturated carbocycles. The topological polar surface area (TPSA) is 89.5 Å². The van der Waals surface area contributed by atoms with E-state index in [2.05, 4.69) is 4.74 Å².